The van der Waals surface area contributed by atoms with Gasteiger partial charge in [0.1, 0.15) is 5.76 Å². The van der Waals surface area contributed by atoms with Gasteiger partial charge in [0.25, 0.3) is 0 Å². The van der Waals surface area contributed by atoms with Gasteiger partial charge in [0, 0.05) is 22.8 Å². The first-order valence-corrected chi connectivity index (χ1v) is 7.70. The molecule has 0 spiro atoms. The second kappa shape index (κ2) is 6.01. The van der Waals surface area contributed by atoms with E-state index >= 15 is 0 Å². The van der Waals surface area contributed by atoms with Gasteiger partial charge in [0.2, 0.25) is 0 Å². The monoisotopic (exact) mass is 319 g/mol. The van der Waals surface area contributed by atoms with Gasteiger partial charge in [-0.25, -0.2) is 4.79 Å². The fourth-order valence-corrected chi connectivity index (χ4v) is 3.13. The maximum absolute atomic E-state index is 12.6. The Labute approximate surface area is 134 Å². The van der Waals surface area contributed by atoms with E-state index in [4.69, 9.17) is 16.1 Å². The molecule has 0 unspecified atom stereocenters. The van der Waals surface area contributed by atoms with Crippen molar-refractivity contribution < 1.29 is 9.32 Å². The molecule has 6 heteroatoms. The Balaban J connectivity index is 1.78. The molecule has 1 saturated heterocycles. The minimum absolute atomic E-state index is 0.0264. The fraction of sp³-hybridized carbons (Fsp3) is 0.375. The van der Waals surface area contributed by atoms with E-state index in [9.17, 15) is 4.79 Å². The molecule has 0 aliphatic carbocycles. The molecule has 1 atom stereocenters. The molecular formula is C16H18ClN3O2. The van der Waals surface area contributed by atoms with Gasteiger partial charge in [-0.05, 0) is 51.0 Å². The molecule has 1 aliphatic rings. The number of hydrogen-bond donors (Lipinski definition) is 1. The third-order valence-electron chi connectivity index (χ3n) is 4.03. The highest BCUT2D eigenvalue weighted by Crippen LogP contribution is 2.35. The summed E-state index contributed by atoms with van der Waals surface area (Å²) in [5.41, 5.74) is 2.62. The molecular weight excluding hydrogens is 302 g/mol. The average molecular weight is 320 g/mol. The second-order valence-electron chi connectivity index (χ2n) is 5.53. The number of urea groups is 1. The Morgan fingerprint density at radius 1 is 1.36 bits per heavy atom. The van der Waals surface area contributed by atoms with Crippen LogP contribution in [0.25, 0.3) is 0 Å². The summed E-state index contributed by atoms with van der Waals surface area (Å²) in [6.07, 6.45) is 1.90. The van der Waals surface area contributed by atoms with E-state index < -0.39 is 0 Å². The predicted molar refractivity (Wildman–Crippen MR) is 85.1 cm³/mol. The van der Waals surface area contributed by atoms with Crippen LogP contribution >= 0.6 is 11.6 Å². The number of likely N-dealkylation sites (tertiary alicyclic amines) is 1. The molecule has 1 aliphatic heterocycles. The highest BCUT2D eigenvalue weighted by atomic mass is 35.5. The second-order valence-corrected chi connectivity index (χ2v) is 5.96. The summed E-state index contributed by atoms with van der Waals surface area (Å²) < 4.78 is 5.24. The third-order valence-corrected chi connectivity index (χ3v) is 4.28. The lowest BCUT2D eigenvalue weighted by atomic mass is 10.0. The molecule has 2 heterocycles. The van der Waals surface area contributed by atoms with Crippen LogP contribution in [-0.2, 0) is 0 Å². The number of aromatic nitrogens is 1. The van der Waals surface area contributed by atoms with Crippen LogP contribution in [0, 0.1) is 13.8 Å². The normalized spacial score (nSPS) is 17.8. The molecule has 2 amide bonds. The first kappa shape index (κ1) is 14.9. The number of halogens is 1. The summed E-state index contributed by atoms with van der Waals surface area (Å²) in [6.45, 7) is 4.54. The van der Waals surface area contributed by atoms with Gasteiger partial charge >= 0.3 is 6.03 Å². The van der Waals surface area contributed by atoms with E-state index in [0.717, 1.165) is 42.1 Å². The van der Waals surface area contributed by atoms with Crippen LogP contribution in [0.3, 0.4) is 0 Å². The maximum atomic E-state index is 12.6. The summed E-state index contributed by atoms with van der Waals surface area (Å²) in [6, 6.07) is 7.02. The van der Waals surface area contributed by atoms with E-state index in [2.05, 4.69) is 10.5 Å². The molecule has 1 aromatic carbocycles. The van der Waals surface area contributed by atoms with Crippen molar-refractivity contribution in [2.24, 2.45) is 0 Å². The standard InChI is InChI=1S/C16H18ClN3O2/c1-10-15(11(2)22-19-10)14-4-3-9-20(14)16(21)18-13-7-5-12(17)6-8-13/h5-8,14H,3-4,9H2,1-2H3,(H,18,21)/t14-/m0/s1. The quantitative estimate of drug-likeness (QED) is 0.897. The Morgan fingerprint density at radius 2 is 2.09 bits per heavy atom. The zero-order valence-electron chi connectivity index (χ0n) is 12.6. The number of nitrogens with one attached hydrogen (secondary N) is 1. The molecule has 0 radical (unpaired) electrons. The number of anilines is 1. The van der Waals surface area contributed by atoms with Crippen LogP contribution in [0.4, 0.5) is 10.5 Å². The van der Waals surface area contributed by atoms with Crippen molar-refractivity contribution >= 4 is 23.3 Å². The van der Waals surface area contributed by atoms with Crippen LogP contribution in [0.15, 0.2) is 28.8 Å². The molecule has 116 valence electrons. The number of nitrogens with zero attached hydrogens (tertiary/aromatic N) is 2. The van der Waals surface area contributed by atoms with Crippen LogP contribution in [-0.4, -0.2) is 22.6 Å². The highest BCUT2D eigenvalue weighted by Gasteiger charge is 2.33. The average Bonchev–Trinajstić information content (AvgIpc) is 3.08. The number of carbonyl (C=O) groups is 1. The van der Waals surface area contributed by atoms with Crippen molar-refractivity contribution in [1.29, 1.82) is 0 Å². The smallest absolute Gasteiger partial charge is 0.322 e. The van der Waals surface area contributed by atoms with Gasteiger partial charge in [0.15, 0.2) is 0 Å². The van der Waals surface area contributed by atoms with Gasteiger partial charge in [-0.2, -0.15) is 0 Å². The van der Waals surface area contributed by atoms with E-state index in [1.165, 1.54) is 0 Å². The number of aryl methyl sites for hydroxylation is 2. The Kier molecular flexibility index (Phi) is 4.07. The lowest BCUT2D eigenvalue weighted by Gasteiger charge is -2.25. The Bertz CT molecular complexity index is 662. The first-order valence-electron chi connectivity index (χ1n) is 7.32. The molecule has 0 saturated carbocycles. The van der Waals surface area contributed by atoms with Gasteiger partial charge in [-0.1, -0.05) is 16.8 Å². The number of benzene rings is 1. The summed E-state index contributed by atoms with van der Waals surface area (Å²) in [7, 11) is 0. The molecule has 2 aromatic rings. The lowest BCUT2D eigenvalue weighted by Crippen LogP contribution is -2.34. The Morgan fingerprint density at radius 3 is 2.73 bits per heavy atom. The maximum Gasteiger partial charge on any atom is 0.322 e. The van der Waals surface area contributed by atoms with E-state index in [0.29, 0.717) is 5.02 Å². The van der Waals surface area contributed by atoms with Gasteiger partial charge in [-0.15, -0.1) is 0 Å². The summed E-state index contributed by atoms with van der Waals surface area (Å²) in [5, 5.41) is 7.57. The number of carbonyl (C=O) groups excluding carboxylic acids is 1. The molecule has 1 aromatic heterocycles. The summed E-state index contributed by atoms with van der Waals surface area (Å²) in [4.78, 5) is 14.4. The van der Waals surface area contributed by atoms with Crippen LogP contribution in [0.1, 0.15) is 35.9 Å². The van der Waals surface area contributed by atoms with Crippen molar-refractivity contribution in [3.8, 4) is 0 Å². The number of rotatable bonds is 2. The summed E-state index contributed by atoms with van der Waals surface area (Å²) in [5.74, 6) is 0.786. The first-order chi connectivity index (χ1) is 10.6. The van der Waals surface area contributed by atoms with Gasteiger partial charge in [0.05, 0.1) is 11.7 Å². The Hall–Kier alpha value is -2.01. The van der Waals surface area contributed by atoms with E-state index in [1.54, 1.807) is 24.3 Å². The zero-order valence-corrected chi connectivity index (χ0v) is 13.4. The van der Waals surface area contributed by atoms with Crippen LogP contribution in [0.5, 0.6) is 0 Å². The topological polar surface area (TPSA) is 58.4 Å². The SMILES string of the molecule is Cc1noc(C)c1[C@@H]1CCCN1C(=O)Nc1ccc(Cl)cc1. The van der Waals surface area contributed by atoms with Crippen molar-refractivity contribution in [2.75, 3.05) is 11.9 Å². The predicted octanol–water partition coefficient (Wildman–Crippen LogP) is 4.31. The van der Waals surface area contributed by atoms with Crippen LogP contribution < -0.4 is 5.32 Å². The van der Waals surface area contributed by atoms with Crippen molar-refractivity contribution in [1.82, 2.24) is 10.1 Å². The molecule has 5 nitrogen and oxygen atoms in total. The third kappa shape index (κ3) is 2.81. The largest absolute Gasteiger partial charge is 0.361 e. The molecule has 22 heavy (non-hydrogen) atoms. The van der Waals surface area contributed by atoms with E-state index in [1.807, 2.05) is 18.7 Å². The van der Waals surface area contributed by atoms with Gasteiger partial charge in [-0.3, -0.25) is 0 Å². The van der Waals surface area contributed by atoms with Gasteiger partial charge < -0.3 is 14.7 Å². The zero-order chi connectivity index (χ0) is 15.7. The molecule has 1 fully saturated rings. The number of amides is 2. The number of hydrogen-bond acceptors (Lipinski definition) is 3. The minimum atomic E-state index is -0.107. The van der Waals surface area contributed by atoms with E-state index in [-0.39, 0.29) is 12.1 Å². The molecule has 0 bridgehead atoms. The fourth-order valence-electron chi connectivity index (χ4n) is 3.00. The summed E-state index contributed by atoms with van der Waals surface area (Å²) >= 11 is 5.86. The lowest BCUT2D eigenvalue weighted by molar-refractivity contribution is 0.206. The molecule has 3 rings (SSSR count). The van der Waals surface area contributed by atoms with Crippen molar-refractivity contribution in [3.63, 3.8) is 0 Å². The molecule has 1 N–H and O–H groups in total. The minimum Gasteiger partial charge on any atom is -0.361 e. The van der Waals surface area contributed by atoms with Crippen LogP contribution in [0.2, 0.25) is 5.02 Å². The highest BCUT2D eigenvalue weighted by molar-refractivity contribution is 6.30. The van der Waals surface area contributed by atoms with Crippen molar-refractivity contribution in [2.45, 2.75) is 32.7 Å². The van der Waals surface area contributed by atoms with Crippen molar-refractivity contribution in [3.05, 3.63) is 46.3 Å².